The maximum atomic E-state index is 12.2. The number of halogens is 1. The number of rotatable bonds is 5. The number of hydrazone groups is 1. The van der Waals surface area contributed by atoms with E-state index in [0.29, 0.717) is 0 Å². The van der Waals surface area contributed by atoms with Gasteiger partial charge in [-0.2, -0.15) is 5.10 Å². The van der Waals surface area contributed by atoms with Gasteiger partial charge < -0.3 is 5.32 Å². The van der Waals surface area contributed by atoms with E-state index < -0.39 is 6.04 Å². The number of amides is 1. The largest absolute Gasteiger partial charge is 0.374 e. The van der Waals surface area contributed by atoms with Crippen LogP contribution in [0.3, 0.4) is 0 Å². The predicted molar refractivity (Wildman–Crippen MR) is 107 cm³/mol. The molecule has 0 fully saturated rings. The van der Waals surface area contributed by atoms with Gasteiger partial charge in [0.25, 0.3) is 5.91 Å². The van der Waals surface area contributed by atoms with Crippen LogP contribution in [-0.2, 0) is 4.79 Å². The lowest BCUT2D eigenvalue weighted by molar-refractivity contribution is -0.121. The molecule has 3 aromatic carbocycles. The second kappa shape index (κ2) is 7.94. The minimum Gasteiger partial charge on any atom is -0.374 e. The number of nitrogens with zero attached hydrogens (tertiary/aromatic N) is 1. The van der Waals surface area contributed by atoms with Gasteiger partial charge in [0, 0.05) is 10.2 Å². The van der Waals surface area contributed by atoms with Crippen LogP contribution in [0.4, 0.5) is 5.69 Å². The van der Waals surface area contributed by atoms with Crippen molar-refractivity contribution in [2.45, 2.75) is 13.0 Å². The fourth-order valence-electron chi connectivity index (χ4n) is 2.45. The number of hydrogen-bond acceptors (Lipinski definition) is 3. The molecule has 0 aromatic heterocycles. The second-order valence-corrected chi connectivity index (χ2v) is 6.63. The molecule has 1 atom stereocenters. The average Bonchev–Trinajstić information content (AvgIpc) is 2.61. The Labute approximate surface area is 155 Å². The molecule has 3 rings (SSSR count). The summed E-state index contributed by atoms with van der Waals surface area (Å²) < 4.78 is 0.967. The van der Waals surface area contributed by atoms with Crippen molar-refractivity contribution in [2.24, 2.45) is 5.10 Å². The number of carbonyl (C=O) groups excluding carboxylic acids is 1. The lowest BCUT2D eigenvalue weighted by atomic mass is 10.1. The van der Waals surface area contributed by atoms with Crippen molar-refractivity contribution >= 4 is 44.5 Å². The highest BCUT2D eigenvalue weighted by molar-refractivity contribution is 9.10. The van der Waals surface area contributed by atoms with Gasteiger partial charge in [0.1, 0.15) is 6.04 Å². The smallest absolute Gasteiger partial charge is 0.262 e. The SMILES string of the molecule is CC(Nc1ccc2ccccc2c1)C(=O)N/N=C/c1cccc(Br)c1. The van der Waals surface area contributed by atoms with Gasteiger partial charge in [-0.1, -0.05) is 58.4 Å². The molecule has 126 valence electrons. The van der Waals surface area contributed by atoms with Crippen molar-refractivity contribution in [3.05, 3.63) is 76.8 Å². The topological polar surface area (TPSA) is 53.5 Å². The Morgan fingerprint density at radius 1 is 1.04 bits per heavy atom. The van der Waals surface area contributed by atoms with Crippen LogP contribution in [0.2, 0.25) is 0 Å². The van der Waals surface area contributed by atoms with E-state index in [4.69, 9.17) is 0 Å². The molecule has 1 amide bonds. The minimum absolute atomic E-state index is 0.195. The van der Waals surface area contributed by atoms with E-state index in [1.165, 1.54) is 5.39 Å². The fraction of sp³-hybridized carbons (Fsp3) is 0.100. The fourth-order valence-corrected chi connectivity index (χ4v) is 2.87. The zero-order valence-corrected chi connectivity index (χ0v) is 15.3. The normalized spacial score (nSPS) is 12.2. The summed E-state index contributed by atoms with van der Waals surface area (Å²) in [5.41, 5.74) is 4.37. The van der Waals surface area contributed by atoms with Crippen molar-refractivity contribution < 1.29 is 4.79 Å². The number of benzene rings is 3. The highest BCUT2D eigenvalue weighted by Gasteiger charge is 2.11. The molecule has 2 N–H and O–H groups in total. The Bertz CT molecular complexity index is 923. The summed E-state index contributed by atoms with van der Waals surface area (Å²) in [6.45, 7) is 1.80. The van der Waals surface area contributed by atoms with Crippen molar-refractivity contribution in [3.8, 4) is 0 Å². The van der Waals surface area contributed by atoms with E-state index in [9.17, 15) is 4.79 Å². The zero-order chi connectivity index (χ0) is 17.6. The third-order valence-corrected chi connectivity index (χ3v) is 4.26. The van der Waals surface area contributed by atoms with Crippen molar-refractivity contribution in [1.29, 1.82) is 0 Å². The first-order valence-electron chi connectivity index (χ1n) is 7.96. The Morgan fingerprint density at radius 3 is 2.64 bits per heavy atom. The average molecular weight is 396 g/mol. The van der Waals surface area contributed by atoms with Gasteiger partial charge in [-0.3, -0.25) is 4.79 Å². The molecule has 0 saturated heterocycles. The molecule has 0 aliphatic rings. The first-order valence-corrected chi connectivity index (χ1v) is 8.75. The summed E-state index contributed by atoms with van der Waals surface area (Å²) in [5.74, 6) is -0.195. The summed E-state index contributed by atoms with van der Waals surface area (Å²) in [6, 6.07) is 21.4. The lowest BCUT2D eigenvalue weighted by Crippen LogP contribution is -2.34. The van der Waals surface area contributed by atoms with E-state index in [0.717, 1.165) is 21.1 Å². The van der Waals surface area contributed by atoms with E-state index >= 15 is 0 Å². The van der Waals surface area contributed by atoms with Crippen LogP contribution in [0, 0.1) is 0 Å². The van der Waals surface area contributed by atoms with Crippen LogP contribution < -0.4 is 10.7 Å². The molecule has 0 spiro atoms. The second-order valence-electron chi connectivity index (χ2n) is 5.72. The summed E-state index contributed by atoms with van der Waals surface area (Å²) in [5, 5.41) is 9.51. The molecule has 0 saturated carbocycles. The molecular formula is C20H18BrN3O. The third kappa shape index (κ3) is 4.67. The molecular weight excluding hydrogens is 378 g/mol. The monoisotopic (exact) mass is 395 g/mol. The Hall–Kier alpha value is -2.66. The van der Waals surface area contributed by atoms with Gasteiger partial charge in [0.15, 0.2) is 0 Å². The standard InChI is InChI=1S/C20H18BrN3O/c1-14(20(25)24-22-13-15-5-4-8-18(21)11-15)23-19-10-9-16-6-2-3-7-17(16)12-19/h2-14,23H,1H3,(H,24,25)/b22-13+. The predicted octanol–water partition coefficient (Wildman–Crippen LogP) is 4.55. The number of fused-ring (bicyclic) bond motifs is 1. The van der Waals surface area contributed by atoms with E-state index in [2.05, 4.69) is 37.8 Å². The quantitative estimate of drug-likeness (QED) is 0.491. The van der Waals surface area contributed by atoms with Gasteiger partial charge in [0.05, 0.1) is 6.21 Å². The molecule has 0 aliphatic heterocycles. The van der Waals surface area contributed by atoms with Crippen molar-refractivity contribution in [1.82, 2.24) is 5.43 Å². The molecule has 1 unspecified atom stereocenters. The molecule has 0 aliphatic carbocycles. The van der Waals surface area contributed by atoms with Crippen LogP contribution >= 0.6 is 15.9 Å². The molecule has 0 radical (unpaired) electrons. The Balaban J connectivity index is 1.59. The van der Waals surface area contributed by atoms with Crippen molar-refractivity contribution in [3.63, 3.8) is 0 Å². The Morgan fingerprint density at radius 2 is 1.84 bits per heavy atom. The van der Waals surface area contributed by atoms with E-state index in [1.807, 2.05) is 60.7 Å². The molecule has 0 bridgehead atoms. The first kappa shape index (κ1) is 17.2. The van der Waals surface area contributed by atoms with Gasteiger partial charge in [0.2, 0.25) is 0 Å². The van der Waals surface area contributed by atoms with Crippen LogP contribution in [0.1, 0.15) is 12.5 Å². The maximum absolute atomic E-state index is 12.2. The molecule has 4 nitrogen and oxygen atoms in total. The highest BCUT2D eigenvalue weighted by atomic mass is 79.9. The number of hydrogen-bond donors (Lipinski definition) is 2. The van der Waals surface area contributed by atoms with Gasteiger partial charge in [-0.15, -0.1) is 0 Å². The van der Waals surface area contributed by atoms with Gasteiger partial charge >= 0.3 is 0 Å². The lowest BCUT2D eigenvalue weighted by Gasteiger charge is -2.14. The summed E-state index contributed by atoms with van der Waals surface area (Å²) in [7, 11) is 0. The minimum atomic E-state index is -0.402. The van der Waals surface area contributed by atoms with Gasteiger partial charge in [-0.05, 0) is 47.5 Å². The van der Waals surface area contributed by atoms with Crippen LogP contribution in [0.15, 0.2) is 76.3 Å². The highest BCUT2D eigenvalue weighted by Crippen LogP contribution is 2.19. The van der Waals surface area contributed by atoms with Crippen molar-refractivity contribution in [2.75, 3.05) is 5.32 Å². The van der Waals surface area contributed by atoms with Gasteiger partial charge in [-0.25, -0.2) is 5.43 Å². The first-order chi connectivity index (χ1) is 12.1. The van der Waals surface area contributed by atoms with Crippen LogP contribution in [0.25, 0.3) is 10.8 Å². The van der Waals surface area contributed by atoms with E-state index in [1.54, 1.807) is 13.1 Å². The number of carbonyl (C=O) groups is 1. The summed E-state index contributed by atoms with van der Waals surface area (Å²) in [4.78, 5) is 12.2. The molecule has 0 heterocycles. The summed E-state index contributed by atoms with van der Waals surface area (Å²) >= 11 is 3.40. The maximum Gasteiger partial charge on any atom is 0.262 e. The van der Waals surface area contributed by atoms with Crippen LogP contribution in [0.5, 0.6) is 0 Å². The van der Waals surface area contributed by atoms with Crippen LogP contribution in [-0.4, -0.2) is 18.2 Å². The third-order valence-electron chi connectivity index (χ3n) is 3.76. The molecule has 5 heteroatoms. The Kier molecular flexibility index (Phi) is 5.46. The molecule has 3 aromatic rings. The van der Waals surface area contributed by atoms with E-state index in [-0.39, 0.29) is 5.91 Å². The number of anilines is 1. The zero-order valence-electron chi connectivity index (χ0n) is 13.7. The summed E-state index contributed by atoms with van der Waals surface area (Å²) in [6.07, 6.45) is 1.62. The number of nitrogens with one attached hydrogen (secondary N) is 2. The molecule has 25 heavy (non-hydrogen) atoms.